The smallest absolute Gasteiger partial charge is 0.213 e. The number of pyridine rings is 1. The number of nitrogens with one attached hydrogen (secondary N) is 2. The van der Waals surface area contributed by atoms with Gasteiger partial charge in [0, 0.05) is 51.0 Å². The number of hydrogen-bond acceptors (Lipinski definition) is 5. The Labute approximate surface area is 175 Å². The molecule has 7 nitrogen and oxygen atoms in total. The number of nitrogens with zero attached hydrogens (tertiary/aromatic N) is 3. The fourth-order valence-corrected chi connectivity index (χ4v) is 3.93. The summed E-state index contributed by atoms with van der Waals surface area (Å²) in [7, 11) is 1.80. The molecule has 2 N–H and O–H groups in total. The summed E-state index contributed by atoms with van der Waals surface area (Å²) in [5, 5.41) is 6.83. The minimum atomic E-state index is 0.0427. The van der Waals surface area contributed by atoms with Gasteiger partial charge in [-0.1, -0.05) is 12.5 Å². The van der Waals surface area contributed by atoms with E-state index in [1.54, 1.807) is 7.05 Å². The molecule has 1 aromatic heterocycles. The van der Waals surface area contributed by atoms with Crippen LogP contribution in [0.2, 0.25) is 0 Å². The van der Waals surface area contributed by atoms with E-state index in [1.807, 2.05) is 12.3 Å². The van der Waals surface area contributed by atoms with Crippen molar-refractivity contribution >= 4 is 5.96 Å². The molecular formula is C22H37N5O2. The Kier molecular flexibility index (Phi) is 8.12. The predicted molar refractivity (Wildman–Crippen MR) is 116 cm³/mol. The lowest BCUT2D eigenvalue weighted by molar-refractivity contribution is -0.00834. The molecule has 0 bridgehead atoms. The summed E-state index contributed by atoms with van der Waals surface area (Å²) in [6.45, 7) is 9.58. The number of aliphatic imine (C=N–C) groups is 1. The van der Waals surface area contributed by atoms with Crippen molar-refractivity contribution in [3.8, 4) is 5.88 Å². The van der Waals surface area contributed by atoms with Crippen LogP contribution < -0.4 is 15.4 Å². The topological polar surface area (TPSA) is 71.0 Å². The average Bonchev–Trinajstić information content (AvgIpc) is 2.76. The van der Waals surface area contributed by atoms with Crippen molar-refractivity contribution in [3.05, 3.63) is 23.9 Å². The average molecular weight is 404 g/mol. The van der Waals surface area contributed by atoms with Gasteiger partial charge in [0.25, 0.3) is 0 Å². The molecule has 1 aromatic rings. The minimum Gasteiger partial charge on any atom is -0.474 e. The molecule has 0 unspecified atom stereocenters. The normalized spacial score (nSPS) is 19.8. The summed E-state index contributed by atoms with van der Waals surface area (Å²) in [6.07, 6.45) is 8.37. The van der Waals surface area contributed by atoms with Crippen LogP contribution in [-0.2, 0) is 11.3 Å². The lowest BCUT2D eigenvalue weighted by atomic mass is 9.98. The van der Waals surface area contributed by atoms with Crippen LogP contribution in [0, 0.1) is 0 Å². The molecule has 0 radical (unpaired) electrons. The van der Waals surface area contributed by atoms with Gasteiger partial charge in [-0.05, 0) is 45.1 Å². The standard InChI is InChI=1S/C22H37N5O2/c1-22(2,27-11-13-28-14-12-27)17-26-21(23-3)25-16-18-9-10-20(24-15-18)29-19-7-5-4-6-8-19/h9-10,15,19H,4-8,11-14,16-17H2,1-3H3,(H2,23,25,26). The van der Waals surface area contributed by atoms with Crippen LogP contribution in [0.5, 0.6) is 5.88 Å². The van der Waals surface area contributed by atoms with Gasteiger partial charge in [-0.15, -0.1) is 0 Å². The minimum absolute atomic E-state index is 0.0427. The SMILES string of the molecule is CN=C(NCc1ccc(OC2CCCCC2)nc1)NCC(C)(C)N1CCOCC1. The van der Waals surface area contributed by atoms with Crippen molar-refractivity contribution in [2.75, 3.05) is 39.9 Å². The molecule has 0 aromatic carbocycles. The third kappa shape index (κ3) is 6.85. The van der Waals surface area contributed by atoms with Gasteiger partial charge in [0.15, 0.2) is 5.96 Å². The fourth-order valence-electron chi connectivity index (χ4n) is 3.93. The molecule has 2 aliphatic rings. The van der Waals surface area contributed by atoms with E-state index in [0.29, 0.717) is 12.6 Å². The molecule has 1 saturated heterocycles. The third-order valence-electron chi connectivity index (χ3n) is 5.88. The van der Waals surface area contributed by atoms with Crippen molar-refractivity contribution in [2.45, 2.75) is 64.1 Å². The maximum absolute atomic E-state index is 6.01. The van der Waals surface area contributed by atoms with Crippen molar-refractivity contribution in [2.24, 2.45) is 4.99 Å². The van der Waals surface area contributed by atoms with Gasteiger partial charge < -0.3 is 20.1 Å². The van der Waals surface area contributed by atoms with Gasteiger partial charge in [0.05, 0.1) is 13.2 Å². The fraction of sp³-hybridized carbons (Fsp3) is 0.727. The van der Waals surface area contributed by atoms with Crippen LogP contribution >= 0.6 is 0 Å². The summed E-state index contributed by atoms with van der Waals surface area (Å²) >= 11 is 0. The zero-order valence-electron chi connectivity index (χ0n) is 18.2. The molecule has 7 heteroatoms. The zero-order valence-corrected chi connectivity index (χ0v) is 18.2. The summed E-state index contributed by atoms with van der Waals surface area (Å²) in [6, 6.07) is 4.05. The lowest BCUT2D eigenvalue weighted by Crippen LogP contribution is -2.56. The van der Waals surface area contributed by atoms with E-state index in [-0.39, 0.29) is 5.54 Å². The molecule has 0 spiro atoms. The maximum Gasteiger partial charge on any atom is 0.213 e. The summed E-state index contributed by atoms with van der Waals surface area (Å²) < 4.78 is 11.5. The Bertz CT molecular complexity index is 635. The largest absolute Gasteiger partial charge is 0.474 e. The van der Waals surface area contributed by atoms with E-state index < -0.39 is 0 Å². The van der Waals surface area contributed by atoms with E-state index in [0.717, 1.165) is 63.1 Å². The van der Waals surface area contributed by atoms with E-state index in [4.69, 9.17) is 9.47 Å². The Hall–Kier alpha value is -1.86. The van der Waals surface area contributed by atoms with Crippen LogP contribution in [0.25, 0.3) is 0 Å². The number of hydrogen-bond donors (Lipinski definition) is 2. The highest BCUT2D eigenvalue weighted by Crippen LogP contribution is 2.22. The summed E-state index contributed by atoms with van der Waals surface area (Å²) in [4.78, 5) is 11.3. The van der Waals surface area contributed by atoms with Gasteiger partial charge in [0.2, 0.25) is 5.88 Å². The van der Waals surface area contributed by atoms with Gasteiger partial charge >= 0.3 is 0 Å². The van der Waals surface area contributed by atoms with Crippen molar-refractivity contribution in [3.63, 3.8) is 0 Å². The molecule has 0 amide bonds. The first-order chi connectivity index (χ1) is 14.1. The van der Waals surface area contributed by atoms with E-state index in [1.165, 1.54) is 19.3 Å². The molecule has 29 heavy (non-hydrogen) atoms. The van der Waals surface area contributed by atoms with Gasteiger partial charge in [-0.2, -0.15) is 0 Å². The molecule has 1 aliphatic carbocycles. The molecule has 3 rings (SSSR count). The molecular weight excluding hydrogens is 366 g/mol. The van der Waals surface area contributed by atoms with Gasteiger partial charge in [0.1, 0.15) is 6.10 Å². The van der Waals surface area contributed by atoms with Crippen LogP contribution in [0.1, 0.15) is 51.5 Å². The predicted octanol–water partition coefficient (Wildman–Crippen LogP) is 2.57. The highest BCUT2D eigenvalue weighted by Gasteiger charge is 2.28. The van der Waals surface area contributed by atoms with Crippen molar-refractivity contribution < 1.29 is 9.47 Å². The second-order valence-electron chi connectivity index (χ2n) is 8.57. The number of aromatic nitrogens is 1. The number of morpholine rings is 1. The third-order valence-corrected chi connectivity index (χ3v) is 5.88. The number of guanidine groups is 1. The monoisotopic (exact) mass is 403 g/mol. The number of ether oxygens (including phenoxy) is 2. The second kappa shape index (κ2) is 10.8. The second-order valence-corrected chi connectivity index (χ2v) is 8.57. The first-order valence-electron chi connectivity index (χ1n) is 11.0. The van der Waals surface area contributed by atoms with Crippen molar-refractivity contribution in [1.82, 2.24) is 20.5 Å². The molecule has 0 atom stereocenters. The summed E-state index contributed by atoms with van der Waals surface area (Å²) in [5.74, 6) is 1.53. The molecule has 1 aliphatic heterocycles. The van der Waals surface area contributed by atoms with E-state index >= 15 is 0 Å². The van der Waals surface area contributed by atoms with Crippen LogP contribution in [-0.4, -0.2) is 67.4 Å². The Morgan fingerprint density at radius 2 is 1.97 bits per heavy atom. The molecule has 162 valence electrons. The van der Waals surface area contributed by atoms with E-state index in [2.05, 4.69) is 45.4 Å². The summed E-state index contributed by atoms with van der Waals surface area (Å²) in [5.41, 5.74) is 1.15. The van der Waals surface area contributed by atoms with Crippen LogP contribution in [0.15, 0.2) is 23.3 Å². The first kappa shape index (κ1) is 21.8. The highest BCUT2D eigenvalue weighted by molar-refractivity contribution is 5.79. The van der Waals surface area contributed by atoms with Gasteiger partial charge in [-0.25, -0.2) is 4.98 Å². The first-order valence-corrected chi connectivity index (χ1v) is 11.0. The number of rotatable bonds is 7. The molecule has 2 fully saturated rings. The van der Waals surface area contributed by atoms with Crippen molar-refractivity contribution in [1.29, 1.82) is 0 Å². The molecule has 2 heterocycles. The zero-order chi connectivity index (χ0) is 20.5. The lowest BCUT2D eigenvalue weighted by Gasteiger charge is -2.41. The quantitative estimate of drug-likeness (QED) is 0.539. The van der Waals surface area contributed by atoms with E-state index in [9.17, 15) is 0 Å². The van der Waals surface area contributed by atoms with Crippen LogP contribution in [0.4, 0.5) is 0 Å². The Morgan fingerprint density at radius 1 is 1.21 bits per heavy atom. The maximum atomic E-state index is 6.01. The molecule has 1 saturated carbocycles. The Balaban J connectivity index is 1.42. The Morgan fingerprint density at radius 3 is 2.62 bits per heavy atom. The van der Waals surface area contributed by atoms with Gasteiger partial charge in [-0.3, -0.25) is 9.89 Å². The van der Waals surface area contributed by atoms with Crippen LogP contribution in [0.3, 0.4) is 0 Å². The highest BCUT2D eigenvalue weighted by atomic mass is 16.5.